The van der Waals surface area contributed by atoms with Crippen molar-refractivity contribution in [2.45, 2.75) is 29.6 Å². The molecular formula is C22H22ClFN2O3S. The van der Waals surface area contributed by atoms with Gasteiger partial charge in [-0.1, -0.05) is 18.5 Å². The van der Waals surface area contributed by atoms with Crippen LogP contribution in [0.5, 0.6) is 0 Å². The lowest BCUT2D eigenvalue weighted by atomic mass is 9.98. The molecular weight excluding hydrogens is 427 g/mol. The summed E-state index contributed by atoms with van der Waals surface area (Å²) < 4.78 is 42.6. The molecule has 0 amide bonds. The number of piperidine rings is 1. The SMILES string of the molecule is CC1CCN(c2cc3c(cc2F)c(=O)c(S(=O)(=O)c2ccc(Cl)cc2)cn3C)CC1. The van der Waals surface area contributed by atoms with Crippen LogP contribution in [0.3, 0.4) is 0 Å². The zero-order valence-electron chi connectivity index (χ0n) is 16.7. The van der Waals surface area contributed by atoms with Crippen molar-refractivity contribution in [3.63, 3.8) is 0 Å². The first kappa shape index (κ1) is 20.9. The molecule has 0 radical (unpaired) electrons. The van der Waals surface area contributed by atoms with E-state index in [0.717, 1.165) is 32.0 Å². The van der Waals surface area contributed by atoms with Crippen LogP contribution >= 0.6 is 11.6 Å². The predicted molar refractivity (Wildman–Crippen MR) is 117 cm³/mol. The van der Waals surface area contributed by atoms with Gasteiger partial charge in [-0.3, -0.25) is 4.79 Å². The van der Waals surface area contributed by atoms with Crippen molar-refractivity contribution in [3.05, 3.63) is 63.7 Å². The number of anilines is 1. The van der Waals surface area contributed by atoms with Crippen LogP contribution < -0.4 is 10.3 Å². The van der Waals surface area contributed by atoms with Gasteiger partial charge in [-0.05, 0) is 55.2 Å². The topological polar surface area (TPSA) is 59.4 Å². The Labute approximate surface area is 179 Å². The second kappa shape index (κ2) is 7.71. The fourth-order valence-electron chi connectivity index (χ4n) is 3.89. The third kappa shape index (κ3) is 3.61. The number of rotatable bonds is 3. The van der Waals surface area contributed by atoms with Crippen LogP contribution in [0.1, 0.15) is 19.8 Å². The summed E-state index contributed by atoms with van der Waals surface area (Å²) in [6, 6.07) is 8.40. The van der Waals surface area contributed by atoms with E-state index in [4.69, 9.17) is 11.6 Å². The number of halogens is 2. The zero-order valence-corrected chi connectivity index (χ0v) is 18.3. The summed E-state index contributed by atoms with van der Waals surface area (Å²) in [7, 11) is -2.42. The summed E-state index contributed by atoms with van der Waals surface area (Å²) in [6.45, 7) is 3.68. The normalized spacial score (nSPS) is 15.7. The van der Waals surface area contributed by atoms with Gasteiger partial charge < -0.3 is 9.47 Å². The zero-order chi connectivity index (χ0) is 21.6. The first-order chi connectivity index (χ1) is 14.2. The standard InChI is InChI=1S/C22H22ClFN2O3S/c1-14-7-9-26(10-8-14)20-12-19-17(11-18(20)24)22(27)21(13-25(19)2)30(28,29)16-5-3-15(23)4-6-16/h3-6,11-14H,7-10H2,1-2H3. The highest BCUT2D eigenvalue weighted by Gasteiger charge is 2.25. The Kier molecular flexibility index (Phi) is 5.36. The van der Waals surface area contributed by atoms with Crippen LogP contribution in [0.25, 0.3) is 10.9 Å². The van der Waals surface area contributed by atoms with E-state index in [-0.39, 0.29) is 10.3 Å². The second-order valence-electron chi connectivity index (χ2n) is 7.88. The summed E-state index contributed by atoms with van der Waals surface area (Å²) in [4.78, 5) is 14.6. The Balaban J connectivity index is 1.85. The smallest absolute Gasteiger partial charge is 0.211 e. The van der Waals surface area contributed by atoms with Gasteiger partial charge in [0.05, 0.1) is 21.5 Å². The Morgan fingerprint density at radius 3 is 2.37 bits per heavy atom. The maximum atomic E-state index is 15.0. The lowest BCUT2D eigenvalue weighted by molar-refractivity contribution is 0.434. The summed E-state index contributed by atoms with van der Waals surface area (Å²) in [6.07, 6.45) is 3.26. The number of hydrogen-bond donors (Lipinski definition) is 0. The van der Waals surface area contributed by atoms with Crippen molar-refractivity contribution in [1.29, 1.82) is 0 Å². The van der Waals surface area contributed by atoms with Crippen molar-refractivity contribution in [1.82, 2.24) is 4.57 Å². The molecule has 1 aromatic heterocycles. The molecule has 0 saturated carbocycles. The highest BCUT2D eigenvalue weighted by Crippen LogP contribution is 2.30. The number of sulfone groups is 1. The molecule has 4 rings (SSSR count). The highest BCUT2D eigenvalue weighted by molar-refractivity contribution is 7.91. The van der Waals surface area contributed by atoms with E-state index < -0.39 is 26.0 Å². The molecule has 0 aliphatic carbocycles. The molecule has 3 aromatic rings. The van der Waals surface area contributed by atoms with Crippen molar-refractivity contribution in [2.24, 2.45) is 13.0 Å². The van der Waals surface area contributed by atoms with E-state index in [0.29, 0.717) is 22.1 Å². The lowest BCUT2D eigenvalue weighted by Crippen LogP contribution is -2.33. The monoisotopic (exact) mass is 448 g/mol. The molecule has 0 N–H and O–H groups in total. The molecule has 1 aliphatic rings. The third-order valence-corrected chi connectivity index (χ3v) is 7.78. The van der Waals surface area contributed by atoms with Gasteiger partial charge in [0, 0.05) is 31.4 Å². The average molecular weight is 449 g/mol. The summed E-state index contributed by atoms with van der Waals surface area (Å²) in [5, 5.41) is 0.432. The lowest BCUT2D eigenvalue weighted by Gasteiger charge is -2.32. The van der Waals surface area contributed by atoms with Crippen LogP contribution in [0, 0.1) is 11.7 Å². The van der Waals surface area contributed by atoms with Crippen LogP contribution in [-0.4, -0.2) is 26.1 Å². The van der Waals surface area contributed by atoms with E-state index in [1.54, 1.807) is 17.7 Å². The number of pyridine rings is 1. The van der Waals surface area contributed by atoms with Crippen LogP contribution in [0.4, 0.5) is 10.1 Å². The number of fused-ring (bicyclic) bond motifs is 1. The second-order valence-corrected chi connectivity index (χ2v) is 10.2. The third-order valence-electron chi connectivity index (χ3n) is 5.76. The predicted octanol–water partition coefficient (Wildman–Crippen LogP) is 4.40. The van der Waals surface area contributed by atoms with Crippen molar-refractivity contribution in [2.75, 3.05) is 18.0 Å². The highest BCUT2D eigenvalue weighted by atomic mass is 35.5. The molecule has 1 saturated heterocycles. The molecule has 0 atom stereocenters. The van der Waals surface area contributed by atoms with E-state index in [1.807, 2.05) is 4.90 Å². The van der Waals surface area contributed by atoms with Crippen molar-refractivity contribution >= 4 is 38.0 Å². The van der Waals surface area contributed by atoms with Gasteiger partial charge >= 0.3 is 0 Å². The Morgan fingerprint density at radius 2 is 1.73 bits per heavy atom. The van der Waals surface area contributed by atoms with Crippen LogP contribution in [0.2, 0.25) is 5.02 Å². The molecule has 30 heavy (non-hydrogen) atoms. The van der Waals surface area contributed by atoms with Crippen molar-refractivity contribution < 1.29 is 12.8 Å². The molecule has 8 heteroatoms. The maximum absolute atomic E-state index is 15.0. The van der Waals surface area contributed by atoms with E-state index in [2.05, 4.69) is 6.92 Å². The Bertz CT molecular complexity index is 1280. The minimum absolute atomic E-state index is 0.0390. The summed E-state index contributed by atoms with van der Waals surface area (Å²) >= 11 is 5.84. The average Bonchev–Trinajstić information content (AvgIpc) is 2.71. The fourth-order valence-corrected chi connectivity index (χ4v) is 5.41. The van der Waals surface area contributed by atoms with Gasteiger partial charge in [-0.25, -0.2) is 12.8 Å². The number of aromatic nitrogens is 1. The first-order valence-electron chi connectivity index (χ1n) is 9.77. The largest absolute Gasteiger partial charge is 0.369 e. The minimum Gasteiger partial charge on any atom is -0.369 e. The summed E-state index contributed by atoms with van der Waals surface area (Å²) in [5.74, 6) is 0.0879. The van der Waals surface area contributed by atoms with Gasteiger partial charge in [0.15, 0.2) is 0 Å². The Hall–Kier alpha value is -2.38. The molecule has 0 unspecified atom stereocenters. The van der Waals surface area contributed by atoms with Gasteiger partial charge in [0.25, 0.3) is 0 Å². The van der Waals surface area contributed by atoms with E-state index in [9.17, 15) is 17.6 Å². The van der Waals surface area contributed by atoms with Gasteiger partial charge in [-0.2, -0.15) is 0 Å². The van der Waals surface area contributed by atoms with E-state index in [1.165, 1.54) is 30.5 Å². The molecule has 0 bridgehead atoms. The van der Waals surface area contributed by atoms with Crippen LogP contribution in [0.15, 0.2) is 57.2 Å². The maximum Gasteiger partial charge on any atom is 0.211 e. The van der Waals surface area contributed by atoms with Gasteiger partial charge in [0.1, 0.15) is 10.7 Å². The number of nitrogens with zero attached hydrogens (tertiary/aromatic N) is 2. The van der Waals surface area contributed by atoms with Crippen molar-refractivity contribution in [3.8, 4) is 0 Å². The molecule has 1 fully saturated rings. The quantitative estimate of drug-likeness (QED) is 0.595. The molecule has 158 valence electrons. The molecule has 1 aliphatic heterocycles. The van der Waals surface area contributed by atoms with E-state index >= 15 is 0 Å². The number of hydrogen-bond acceptors (Lipinski definition) is 4. The number of aryl methyl sites for hydroxylation is 1. The number of benzene rings is 2. The first-order valence-corrected chi connectivity index (χ1v) is 11.6. The summed E-state index contributed by atoms with van der Waals surface area (Å²) in [5.41, 5.74) is 0.221. The van der Waals surface area contributed by atoms with Crippen LogP contribution in [-0.2, 0) is 16.9 Å². The minimum atomic E-state index is -4.07. The Morgan fingerprint density at radius 1 is 1.10 bits per heavy atom. The molecule has 5 nitrogen and oxygen atoms in total. The van der Waals surface area contributed by atoms with Gasteiger partial charge in [-0.15, -0.1) is 0 Å². The fraction of sp³-hybridized carbons (Fsp3) is 0.318. The molecule has 2 heterocycles. The molecule has 2 aromatic carbocycles. The molecule has 0 spiro atoms. The van der Waals surface area contributed by atoms with Gasteiger partial charge in [0.2, 0.25) is 15.3 Å².